The number of amides is 3. The van der Waals surface area contributed by atoms with Gasteiger partial charge in [0.15, 0.2) is 0 Å². The summed E-state index contributed by atoms with van der Waals surface area (Å²) in [6.07, 6.45) is 2.72. The fourth-order valence-corrected chi connectivity index (χ4v) is 5.62. The molecule has 0 bridgehead atoms. The summed E-state index contributed by atoms with van der Waals surface area (Å²) in [5.41, 5.74) is 1.06. The SMILES string of the molecule is COc1cccc(C(=O)N2CCC3(CC2)OC[C@@H](C(=O)NC[C@H]2CCCO2)N3C(=O)c2cccc(C)c2)c1. The van der Waals surface area contributed by atoms with Crippen LogP contribution in [0.25, 0.3) is 0 Å². The third-order valence-electron chi connectivity index (χ3n) is 7.72. The molecule has 2 aromatic carbocycles. The number of ether oxygens (including phenoxy) is 3. The summed E-state index contributed by atoms with van der Waals surface area (Å²) in [4.78, 5) is 43.8. The maximum absolute atomic E-state index is 13.9. The van der Waals surface area contributed by atoms with E-state index in [4.69, 9.17) is 14.2 Å². The van der Waals surface area contributed by atoms with E-state index in [2.05, 4.69) is 5.32 Å². The van der Waals surface area contributed by atoms with Gasteiger partial charge in [-0.1, -0.05) is 23.8 Å². The Kier molecular flexibility index (Phi) is 7.67. The molecule has 3 amide bonds. The van der Waals surface area contributed by atoms with Gasteiger partial charge in [0.25, 0.3) is 11.8 Å². The Balaban J connectivity index is 1.34. The summed E-state index contributed by atoms with van der Waals surface area (Å²) in [5, 5.41) is 2.98. The molecule has 2 aromatic rings. The Hall–Kier alpha value is -3.43. The first-order valence-electron chi connectivity index (χ1n) is 13.3. The Morgan fingerprint density at radius 2 is 1.79 bits per heavy atom. The smallest absolute Gasteiger partial charge is 0.256 e. The Labute approximate surface area is 223 Å². The molecule has 5 rings (SSSR count). The van der Waals surface area contributed by atoms with Gasteiger partial charge in [-0.25, -0.2) is 0 Å². The van der Waals surface area contributed by atoms with Gasteiger partial charge in [0, 0.05) is 50.2 Å². The van der Waals surface area contributed by atoms with Gasteiger partial charge in [0.05, 0.1) is 19.8 Å². The minimum atomic E-state index is -0.960. The van der Waals surface area contributed by atoms with Crippen LogP contribution in [0.15, 0.2) is 48.5 Å². The topological polar surface area (TPSA) is 97.4 Å². The van der Waals surface area contributed by atoms with E-state index in [1.807, 2.05) is 25.1 Å². The predicted octanol–water partition coefficient (Wildman–Crippen LogP) is 2.77. The molecule has 1 spiro atoms. The zero-order valence-corrected chi connectivity index (χ0v) is 22.0. The molecular formula is C29H35N3O6. The number of carbonyl (C=O) groups excluding carboxylic acids is 3. The molecule has 0 radical (unpaired) electrons. The van der Waals surface area contributed by atoms with Crippen LogP contribution in [0.3, 0.4) is 0 Å². The molecule has 0 saturated carbocycles. The Morgan fingerprint density at radius 1 is 1.05 bits per heavy atom. The number of methoxy groups -OCH3 is 1. The van der Waals surface area contributed by atoms with Crippen LogP contribution in [0.1, 0.15) is 52.0 Å². The maximum Gasteiger partial charge on any atom is 0.256 e. The summed E-state index contributed by atoms with van der Waals surface area (Å²) >= 11 is 0. The van der Waals surface area contributed by atoms with E-state index in [0.717, 1.165) is 18.4 Å². The molecule has 3 heterocycles. The highest BCUT2D eigenvalue weighted by molar-refractivity contribution is 5.99. The molecule has 38 heavy (non-hydrogen) atoms. The third kappa shape index (κ3) is 5.26. The average molecular weight is 522 g/mol. The molecule has 9 heteroatoms. The number of hydrogen-bond donors (Lipinski definition) is 1. The number of aryl methyl sites for hydroxylation is 1. The van der Waals surface area contributed by atoms with Gasteiger partial charge in [-0.05, 0) is 50.1 Å². The lowest BCUT2D eigenvalue weighted by molar-refractivity contribution is -0.128. The van der Waals surface area contributed by atoms with Crippen LogP contribution in [-0.2, 0) is 14.3 Å². The molecule has 2 atom stereocenters. The number of benzene rings is 2. The highest BCUT2D eigenvalue weighted by atomic mass is 16.5. The number of nitrogens with zero attached hydrogens (tertiary/aromatic N) is 2. The quantitative estimate of drug-likeness (QED) is 0.628. The predicted molar refractivity (Wildman–Crippen MR) is 140 cm³/mol. The third-order valence-corrected chi connectivity index (χ3v) is 7.72. The van der Waals surface area contributed by atoms with E-state index in [-0.39, 0.29) is 30.4 Å². The number of piperidine rings is 1. The van der Waals surface area contributed by atoms with Crippen LogP contribution in [0, 0.1) is 6.92 Å². The van der Waals surface area contributed by atoms with Gasteiger partial charge >= 0.3 is 0 Å². The van der Waals surface area contributed by atoms with Crippen molar-refractivity contribution in [1.29, 1.82) is 0 Å². The summed E-state index contributed by atoms with van der Waals surface area (Å²) in [6, 6.07) is 13.7. The molecule has 0 aliphatic carbocycles. The van der Waals surface area contributed by atoms with Crippen molar-refractivity contribution < 1.29 is 28.6 Å². The number of rotatable bonds is 6. The largest absolute Gasteiger partial charge is 0.497 e. The van der Waals surface area contributed by atoms with Crippen LogP contribution >= 0.6 is 0 Å². The second-order valence-corrected chi connectivity index (χ2v) is 10.2. The molecule has 3 saturated heterocycles. The molecule has 9 nitrogen and oxygen atoms in total. The molecule has 3 aliphatic rings. The van der Waals surface area contributed by atoms with Crippen molar-refractivity contribution in [2.45, 2.75) is 50.5 Å². The normalized spacial score (nSPS) is 22.5. The number of carbonyl (C=O) groups is 3. The first-order valence-corrected chi connectivity index (χ1v) is 13.3. The minimum Gasteiger partial charge on any atom is -0.497 e. The van der Waals surface area contributed by atoms with E-state index in [0.29, 0.717) is 56.0 Å². The molecule has 0 unspecified atom stereocenters. The zero-order chi connectivity index (χ0) is 26.7. The van der Waals surface area contributed by atoms with Crippen LogP contribution in [0.4, 0.5) is 0 Å². The lowest BCUT2D eigenvalue weighted by Gasteiger charge is -2.44. The lowest BCUT2D eigenvalue weighted by atomic mass is 9.95. The molecular weight excluding hydrogens is 486 g/mol. The highest BCUT2D eigenvalue weighted by Gasteiger charge is 2.54. The van der Waals surface area contributed by atoms with Crippen molar-refractivity contribution in [3.05, 3.63) is 65.2 Å². The summed E-state index contributed by atoms with van der Waals surface area (Å²) in [7, 11) is 1.57. The molecule has 3 fully saturated rings. The zero-order valence-electron chi connectivity index (χ0n) is 22.0. The lowest BCUT2D eigenvalue weighted by Crippen LogP contribution is -2.60. The number of likely N-dealkylation sites (tertiary alicyclic amines) is 1. The van der Waals surface area contributed by atoms with E-state index < -0.39 is 11.8 Å². The average Bonchev–Trinajstić information content (AvgIpc) is 3.60. The minimum absolute atomic E-state index is 0.00187. The van der Waals surface area contributed by atoms with E-state index in [9.17, 15) is 14.4 Å². The summed E-state index contributed by atoms with van der Waals surface area (Å²) in [5.74, 6) is 0.0405. The van der Waals surface area contributed by atoms with Gasteiger partial charge in [0.2, 0.25) is 5.91 Å². The number of hydrogen-bond acceptors (Lipinski definition) is 6. The first kappa shape index (κ1) is 26.2. The summed E-state index contributed by atoms with van der Waals surface area (Å²) in [6.45, 7) is 3.97. The van der Waals surface area contributed by atoms with Crippen molar-refractivity contribution in [2.75, 3.05) is 40.0 Å². The Morgan fingerprint density at radius 3 is 2.47 bits per heavy atom. The molecule has 3 aliphatic heterocycles. The van der Waals surface area contributed by atoms with Crippen LogP contribution in [0.5, 0.6) is 5.75 Å². The summed E-state index contributed by atoms with van der Waals surface area (Å²) < 4.78 is 17.2. The van der Waals surface area contributed by atoms with Gasteiger partial charge in [-0.15, -0.1) is 0 Å². The first-order chi connectivity index (χ1) is 18.4. The standard InChI is InChI=1S/C29H35N3O6/c1-20-6-3-7-21(16-20)28(35)32-25(26(33)30-18-24-10-5-15-37-24)19-38-29(32)11-13-31(14-12-29)27(34)22-8-4-9-23(17-22)36-2/h3-4,6-9,16-17,24-25H,5,10-15,18-19H2,1-2H3,(H,30,33)/t24-,25+/m1/s1. The second-order valence-electron chi connectivity index (χ2n) is 10.2. The van der Waals surface area contributed by atoms with Crippen molar-refractivity contribution in [3.8, 4) is 5.75 Å². The second kappa shape index (κ2) is 11.1. The van der Waals surface area contributed by atoms with Crippen molar-refractivity contribution >= 4 is 17.7 Å². The maximum atomic E-state index is 13.9. The van der Waals surface area contributed by atoms with E-state index in [1.165, 1.54) is 0 Å². The van der Waals surface area contributed by atoms with Gasteiger partial charge in [0.1, 0.15) is 17.5 Å². The molecule has 1 N–H and O–H groups in total. The molecule has 0 aromatic heterocycles. The fraction of sp³-hybridized carbons (Fsp3) is 0.483. The van der Waals surface area contributed by atoms with Crippen molar-refractivity contribution in [1.82, 2.24) is 15.1 Å². The van der Waals surface area contributed by atoms with Crippen LogP contribution in [0.2, 0.25) is 0 Å². The van der Waals surface area contributed by atoms with E-state index >= 15 is 0 Å². The van der Waals surface area contributed by atoms with Gasteiger partial charge in [-0.3, -0.25) is 19.3 Å². The van der Waals surface area contributed by atoms with Crippen molar-refractivity contribution in [3.63, 3.8) is 0 Å². The van der Waals surface area contributed by atoms with Gasteiger partial charge < -0.3 is 24.4 Å². The Bertz CT molecular complexity index is 1190. The van der Waals surface area contributed by atoms with Crippen molar-refractivity contribution in [2.24, 2.45) is 0 Å². The molecule has 202 valence electrons. The van der Waals surface area contributed by atoms with Crippen LogP contribution in [-0.4, -0.2) is 85.3 Å². The fourth-order valence-electron chi connectivity index (χ4n) is 5.62. The van der Waals surface area contributed by atoms with E-state index in [1.54, 1.807) is 47.2 Å². The highest BCUT2D eigenvalue weighted by Crippen LogP contribution is 2.39. The monoisotopic (exact) mass is 521 g/mol. The van der Waals surface area contributed by atoms with Gasteiger partial charge in [-0.2, -0.15) is 0 Å². The number of nitrogens with one attached hydrogen (secondary N) is 1. The van der Waals surface area contributed by atoms with Crippen LogP contribution < -0.4 is 10.1 Å².